The van der Waals surface area contributed by atoms with E-state index in [1.807, 2.05) is 30.3 Å². The van der Waals surface area contributed by atoms with E-state index >= 15 is 0 Å². The summed E-state index contributed by atoms with van der Waals surface area (Å²) in [7, 11) is 3.16. The lowest BCUT2D eigenvalue weighted by Gasteiger charge is -2.10. The molecule has 0 saturated heterocycles. The Bertz CT molecular complexity index is 946. The summed E-state index contributed by atoms with van der Waals surface area (Å²) >= 11 is 0. The molecule has 0 aliphatic heterocycles. The SMILES string of the molecule is CCOC(=O)Nc1cnc2ccc(-c3ccc(OC)c(OC)c3)nc2n1. The molecule has 0 saturated carbocycles. The highest BCUT2D eigenvalue weighted by Gasteiger charge is 2.10. The van der Waals surface area contributed by atoms with E-state index in [0.29, 0.717) is 28.4 Å². The largest absolute Gasteiger partial charge is 0.493 e. The minimum atomic E-state index is -0.586. The highest BCUT2D eigenvalue weighted by Crippen LogP contribution is 2.32. The Balaban J connectivity index is 1.96. The van der Waals surface area contributed by atoms with E-state index in [9.17, 15) is 4.79 Å². The van der Waals surface area contributed by atoms with Crippen LogP contribution in [0.5, 0.6) is 11.5 Å². The highest BCUT2D eigenvalue weighted by molar-refractivity contribution is 5.85. The van der Waals surface area contributed by atoms with Crippen molar-refractivity contribution in [3.8, 4) is 22.8 Å². The number of nitrogens with zero attached hydrogens (tertiary/aromatic N) is 3. The first kappa shape index (κ1) is 17.4. The van der Waals surface area contributed by atoms with E-state index in [4.69, 9.17) is 14.2 Å². The van der Waals surface area contributed by atoms with Crippen molar-refractivity contribution in [1.82, 2.24) is 15.0 Å². The van der Waals surface area contributed by atoms with Crippen molar-refractivity contribution in [3.05, 3.63) is 36.5 Å². The van der Waals surface area contributed by atoms with Gasteiger partial charge in [0.05, 0.1) is 32.7 Å². The molecule has 0 fully saturated rings. The van der Waals surface area contributed by atoms with Crippen LogP contribution in [0.15, 0.2) is 36.5 Å². The Kier molecular flexibility index (Phi) is 5.12. The first-order valence-corrected chi connectivity index (χ1v) is 7.94. The van der Waals surface area contributed by atoms with Crippen LogP contribution in [0.2, 0.25) is 0 Å². The standard InChI is InChI=1S/C18H18N4O4/c1-4-26-18(23)22-16-10-19-13-7-6-12(20-17(13)21-16)11-5-8-14(24-2)15(9-11)25-3/h5-10H,4H2,1-3H3,(H,20,21,22,23). The van der Waals surface area contributed by atoms with Gasteiger partial charge in [0, 0.05) is 5.56 Å². The zero-order valence-corrected chi connectivity index (χ0v) is 14.6. The predicted octanol–water partition coefficient (Wildman–Crippen LogP) is 3.28. The Hall–Kier alpha value is -3.42. The molecular weight excluding hydrogens is 336 g/mol. The van der Waals surface area contributed by atoms with Crippen molar-refractivity contribution in [2.24, 2.45) is 0 Å². The maximum absolute atomic E-state index is 11.5. The molecule has 8 heteroatoms. The Labute approximate surface area is 150 Å². The van der Waals surface area contributed by atoms with E-state index < -0.39 is 6.09 Å². The van der Waals surface area contributed by atoms with Crippen LogP contribution in [-0.2, 0) is 4.74 Å². The molecular formula is C18H18N4O4. The van der Waals surface area contributed by atoms with Crippen LogP contribution >= 0.6 is 0 Å². The quantitative estimate of drug-likeness (QED) is 0.751. The molecule has 1 amide bonds. The van der Waals surface area contributed by atoms with Crippen molar-refractivity contribution in [2.75, 3.05) is 26.1 Å². The number of rotatable bonds is 5. The maximum Gasteiger partial charge on any atom is 0.412 e. The van der Waals surface area contributed by atoms with Gasteiger partial charge in [0.1, 0.15) is 5.52 Å². The molecule has 0 bridgehead atoms. The van der Waals surface area contributed by atoms with Gasteiger partial charge in [0.15, 0.2) is 23.0 Å². The van der Waals surface area contributed by atoms with Gasteiger partial charge >= 0.3 is 6.09 Å². The zero-order chi connectivity index (χ0) is 18.5. The van der Waals surface area contributed by atoms with E-state index in [2.05, 4.69) is 20.3 Å². The number of hydrogen-bond donors (Lipinski definition) is 1. The molecule has 0 radical (unpaired) electrons. The van der Waals surface area contributed by atoms with Gasteiger partial charge in [0.25, 0.3) is 0 Å². The lowest BCUT2D eigenvalue weighted by atomic mass is 10.1. The lowest BCUT2D eigenvalue weighted by Crippen LogP contribution is -2.14. The minimum Gasteiger partial charge on any atom is -0.493 e. The van der Waals surface area contributed by atoms with Gasteiger partial charge in [-0.2, -0.15) is 0 Å². The number of hydrogen-bond acceptors (Lipinski definition) is 7. The summed E-state index contributed by atoms with van der Waals surface area (Å²) in [4.78, 5) is 24.6. The third-order valence-electron chi connectivity index (χ3n) is 3.59. The normalized spacial score (nSPS) is 10.4. The molecule has 2 heterocycles. The van der Waals surface area contributed by atoms with Crippen molar-refractivity contribution in [2.45, 2.75) is 6.92 Å². The fraction of sp³-hybridized carbons (Fsp3) is 0.222. The van der Waals surface area contributed by atoms with Crippen molar-refractivity contribution < 1.29 is 19.0 Å². The topological polar surface area (TPSA) is 95.5 Å². The van der Waals surface area contributed by atoms with Crippen molar-refractivity contribution in [3.63, 3.8) is 0 Å². The number of nitrogens with one attached hydrogen (secondary N) is 1. The van der Waals surface area contributed by atoms with Gasteiger partial charge in [-0.25, -0.2) is 19.7 Å². The molecule has 0 aliphatic rings. The second kappa shape index (κ2) is 7.64. The van der Waals surface area contributed by atoms with E-state index in [-0.39, 0.29) is 12.4 Å². The van der Waals surface area contributed by atoms with Gasteiger partial charge in [-0.1, -0.05) is 0 Å². The zero-order valence-electron chi connectivity index (χ0n) is 14.6. The Morgan fingerprint density at radius 1 is 1.08 bits per heavy atom. The third kappa shape index (κ3) is 3.64. The number of carbonyl (C=O) groups excluding carboxylic acids is 1. The van der Waals surface area contributed by atoms with Crippen LogP contribution < -0.4 is 14.8 Å². The highest BCUT2D eigenvalue weighted by atomic mass is 16.5. The second-order valence-electron chi connectivity index (χ2n) is 5.21. The van der Waals surface area contributed by atoms with Gasteiger partial charge in [-0.3, -0.25) is 5.32 Å². The fourth-order valence-corrected chi connectivity index (χ4v) is 2.39. The lowest BCUT2D eigenvalue weighted by molar-refractivity contribution is 0.168. The van der Waals surface area contributed by atoms with Crippen LogP contribution in [0.1, 0.15) is 6.92 Å². The summed E-state index contributed by atoms with van der Waals surface area (Å²) in [6.07, 6.45) is 0.869. The second-order valence-corrected chi connectivity index (χ2v) is 5.21. The van der Waals surface area contributed by atoms with Crippen LogP contribution in [-0.4, -0.2) is 41.9 Å². The average Bonchev–Trinajstić information content (AvgIpc) is 2.67. The number of pyridine rings is 1. The molecule has 8 nitrogen and oxygen atoms in total. The summed E-state index contributed by atoms with van der Waals surface area (Å²) in [5.41, 5.74) is 2.56. The number of anilines is 1. The van der Waals surface area contributed by atoms with E-state index in [1.54, 1.807) is 21.1 Å². The molecule has 1 aromatic carbocycles. The molecule has 2 aromatic heterocycles. The Morgan fingerprint density at radius 3 is 2.62 bits per heavy atom. The van der Waals surface area contributed by atoms with Crippen LogP contribution in [0, 0.1) is 0 Å². The minimum absolute atomic E-state index is 0.271. The maximum atomic E-state index is 11.5. The monoisotopic (exact) mass is 354 g/mol. The number of ether oxygens (including phenoxy) is 3. The summed E-state index contributed by atoms with van der Waals surface area (Å²) in [6.45, 7) is 2.00. The average molecular weight is 354 g/mol. The molecule has 1 N–H and O–H groups in total. The molecule has 0 atom stereocenters. The summed E-state index contributed by atoms with van der Waals surface area (Å²) < 4.78 is 15.4. The van der Waals surface area contributed by atoms with Crippen LogP contribution in [0.3, 0.4) is 0 Å². The third-order valence-corrected chi connectivity index (χ3v) is 3.59. The number of amides is 1. The van der Waals surface area contributed by atoms with Crippen LogP contribution in [0.25, 0.3) is 22.4 Å². The van der Waals surface area contributed by atoms with Gasteiger partial charge < -0.3 is 14.2 Å². The molecule has 0 spiro atoms. The first-order chi connectivity index (χ1) is 12.6. The molecule has 26 heavy (non-hydrogen) atoms. The number of carbonyl (C=O) groups is 1. The Morgan fingerprint density at radius 2 is 1.88 bits per heavy atom. The van der Waals surface area contributed by atoms with E-state index in [0.717, 1.165) is 5.56 Å². The fourth-order valence-electron chi connectivity index (χ4n) is 2.39. The first-order valence-electron chi connectivity index (χ1n) is 7.94. The van der Waals surface area contributed by atoms with Gasteiger partial charge in [0.2, 0.25) is 0 Å². The summed E-state index contributed by atoms with van der Waals surface area (Å²) in [5, 5.41) is 2.52. The van der Waals surface area contributed by atoms with Crippen molar-refractivity contribution in [1.29, 1.82) is 0 Å². The molecule has 3 aromatic rings. The van der Waals surface area contributed by atoms with Gasteiger partial charge in [-0.15, -0.1) is 0 Å². The number of aromatic nitrogens is 3. The number of methoxy groups -OCH3 is 2. The summed E-state index contributed by atoms with van der Waals surface area (Å²) in [5.74, 6) is 1.52. The number of benzene rings is 1. The van der Waals surface area contributed by atoms with E-state index in [1.165, 1.54) is 6.20 Å². The molecule has 0 unspecified atom stereocenters. The van der Waals surface area contributed by atoms with Gasteiger partial charge in [-0.05, 0) is 37.3 Å². The molecule has 3 rings (SSSR count). The smallest absolute Gasteiger partial charge is 0.412 e. The van der Waals surface area contributed by atoms with Crippen molar-refractivity contribution >= 4 is 23.1 Å². The molecule has 0 aliphatic carbocycles. The molecule has 134 valence electrons. The number of fused-ring (bicyclic) bond motifs is 1. The summed E-state index contributed by atoms with van der Waals surface area (Å²) in [6, 6.07) is 9.18. The van der Waals surface area contributed by atoms with Crippen LogP contribution in [0.4, 0.5) is 10.6 Å². The predicted molar refractivity (Wildman–Crippen MR) is 96.5 cm³/mol.